The topological polar surface area (TPSA) is 57.6 Å². The molecule has 0 atom stereocenters. The van der Waals surface area contributed by atoms with E-state index >= 15 is 0 Å². The molecule has 13 heavy (non-hydrogen) atoms. The van der Waals surface area contributed by atoms with Crippen LogP contribution in [-0.4, -0.2) is 35.3 Å². The molecule has 0 radical (unpaired) electrons. The number of rotatable bonds is 1. The molecule has 72 valence electrons. The molecule has 4 nitrogen and oxygen atoms in total. The van der Waals surface area contributed by atoms with Gasteiger partial charge in [-0.05, 0) is 0 Å². The lowest BCUT2D eigenvalue weighted by Crippen LogP contribution is -2.39. The number of aliphatic hydroxyl groups is 1. The van der Waals surface area contributed by atoms with E-state index in [0.717, 1.165) is 0 Å². The van der Waals surface area contributed by atoms with Crippen LogP contribution >= 0.6 is 0 Å². The normalized spacial score (nSPS) is 22.2. The van der Waals surface area contributed by atoms with Crippen molar-refractivity contribution >= 4 is 11.7 Å². The van der Waals surface area contributed by atoms with Gasteiger partial charge in [-0.25, -0.2) is 0 Å². The van der Waals surface area contributed by atoms with Crippen LogP contribution in [0.1, 0.15) is 19.8 Å². The Kier molecular flexibility index (Phi) is 2.70. The number of nitrogens with zero attached hydrogens (tertiary/aromatic N) is 1. The van der Waals surface area contributed by atoms with Crippen LogP contribution in [0.3, 0.4) is 0 Å². The Bertz CT molecular complexity index is 281. The van der Waals surface area contributed by atoms with Crippen molar-refractivity contribution in [2.24, 2.45) is 0 Å². The van der Waals surface area contributed by atoms with Crippen LogP contribution in [-0.2, 0) is 9.59 Å². The summed E-state index contributed by atoms with van der Waals surface area (Å²) in [4.78, 5) is 23.9. The molecule has 0 saturated carbocycles. The minimum absolute atomic E-state index is 0.0367. The van der Waals surface area contributed by atoms with Gasteiger partial charge in [0.05, 0.1) is 18.7 Å². The minimum atomic E-state index is -0.151. The lowest BCUT2D eigenvalue weighted by Gasteiger charge is -2.23. The molecule has 0 unspecified atom stereocenters. The fourth-order valence-corrected chi connectivity index (χ4v) is 1.26. The van der Waals surface area contributed by atoms with Crippen LogP contribution in [0.2, 0.25) is 0 Å². The second kappa shape index (κ2) is 3.60. The summed E-state index contributed by atoms with van der Waals surface area (Å²) in [6.07, 6.45) is 0.438. The maximum atomic E-state index is 11.3. The predicted molar refractivity (Wildman–Crippen MR) is 47.2 cm³/mol. The third-order valence-electron chi connectivity index (χ3n) is 2.15. The van der Waals surface area contributed by atoms with Gasteiger partial charge in [0, 0.05) is 19.0 Å². The largest absolute Gasteiger partial charge is 0.512 e. The van der Waals surface area contributed by atoms with E-state index in [9.17, 15) is 14.7 Å². The van der Waals surface area contributed by atoms with Gasteiger partial charge in [-0.15, -0.1) is 0 Å². The lowest BCUT2D eigenvalue weighted by atomic mass is 10.00. The molecule has 1 heterocycles. The number of piperidine rings is 1. The number of hydrogen-bond donors (Lipinski definition) is 1. The van der Waals surface area contributed by atoms with Crippen molar-refractivity contribution in [3.05, 3.63) is 11.3 Å². The summed E-state index contributed by atoms with van der Waals surface area (Å²) < 4.78 is 0. The molecule has 1 saturated heterocycles. The summed E-state index contributed by atoms with van der Waals surface area (Å²) >= 11 is 0. The molecule has 0 bridgehead atoms. The first kappa shape index (κ1) is 9.77. The fraction of sp³-hybridized carbons (Fsp3) is 0.556. The highest BCUT2D eigenvalue weighted by atomic mass is 16.3. The van der Waals surface area contributed by atoms with Crippen molar-refractivity contribution in [1.29, 1.82) is 0 Å². The Labute approximate surface area is 76.8 Å². The van der Waals surface area contributed by atoms with Crippen molar-refractivity contribution in [2.75, 3.05) is 13.6 Å². The standard InChI is InChI=1S/C9H13NO3/c1-3-7(11)6-4-9(13)10(2)5-8(6)12/h11H,3-5H2,1-2H3/b7-6+. The van der Waals surface area contributed by atoms with E-state index in [2.05, 4.69) is 0 Å². The Morgan fingerprint density at radius 1 is 1.54 bits per heavy atom. The highest BCUT2D eigenvalue weighted by Gasteiger charge is 2.27. The van der Waals surface area contributed by atoms with Crippen LogP contribution in [0.25, 0.3) is 0 Å². The zero-order valence-corrected chi connectivity index (χ0v) is 7.83. The number of allylic oxidation sites excluding steroid dienone is 1. The second-order valence-corrected chi connectivity index (χ2v) is 3.13. The monoisotopic (exact) mass is 183 g/mol. The molecule has 0 spiro atoms. The van der Waals surface area contributed by atoms with Gasteiger partial charge in [0.15, 0.2) is 5.78 Å². The number of carbonyl (C=O) groups is 2. The molecule has 1 aliphatic heterocycles. The summed E-state index contributed by atoms with van der Waals surface area (Å²) in [7, 11) is 1.58. The molecule has 1 aliphatic rings. The molecule has 1 N–H and O–H groups in total. The Hall–Kier alpha value is -1.32. The van der Waals surface area contributed by atoms with Gasteiger partial charge in [0.1, 0.15) is 0 Å². The van der Waals surface area contributed by atoms with Crippen molar-refractivity contribution in [2.45, 2.75) is 19.8 Å². The van der Waals surface area contributed by atoms with Gasteiger partial charge >= 0.3 is 0 Å². The summed E-state index contributed by atoms with van der Waals surface area (Å²) in [6, 6.07) is 0. The van der Waals surface area contributed by atoms with Crippen LogP contribution in [0.15, 0.2) is 11.3 Å². The van der Waals surface area contributed by atoms with Crippen LogP contribution in [0.5, 0.6) is 0 Å². The minimum Gasteiger partial charge on any atom is -0.512 e. The first-order valence-corrected chi connectivity index (χ1v) is 4.24. The number of carbonyl (C=O) groups excluding carboxylic acids is 2. The number of aliphatic hydroxyl groups excluding tert-OH is 1. The molecule has 1 fully saturated rings. The summed E-state index contributed by atoms with van der Waals surface area (Å²) in [5.41, 5.74) is 0.283. The lowest BCUT2D eigenvalue weighted by molar-refractivity contribution is -0.135. The smallest absolute Gasteiger partial charge is 0.227 e. The van der Waals surface area contributed by atoms with Crippen LogP contribution in [0.4, 0.5) is 0 Å². The van der Waals surface area contributed by atoms with Crippen molar-refractivity contribution in [1.82, 2.24) is 4.90 Å². The van der Waals surface area contributed by atoms with Crippen molar-refractivity contribution in [3.8, 4) is 0 Å². The van der Waals surface area contributed by atoms with E-state index in [0.29, 0.717) is 6.42 Å². The number of likely N-dealkylation sites (N-methyl/N-ethyl adjacent to an activating group) is 1. The number of hydrogen-bond acceptors (Lipinski definition) is 3. The molecule has 0 aromatic heterocycles. The summed E-state index contributed by atoms with van der Waals surface area (Å²) in [6.45, 7) is 1.83. The van der Waals surface area contributed by atoms with E-state index in [1.165, 1.54) is 4.90 Å². The van der Waals surface area contributed by atoms with Gasteiger partial charge in [-0.2, -0.15) is 0 Å². The third kappa shape index (κ3) is 1.88. The first-order valence-electron chi connectivity index (χ1n) is 4.24. The Balaban J connectivity index is 2.90. The predicted octanol–water partition coefficient (Wildman–Crippen LogP) is 0.640. The highest BCUT2D eigenvalue weighted by molar-refractivity contribution is 6.06. The maximum Gasteiger partial charge on any atom is 0.227 e. The van der Waals surface area contributed by atoms with Gasteiger partial charge in [0.25, 0.3) is 0 Å². The van der Waals surface area contributed by atoms with E-state index in [-0.39, 0.29) is 36.0 Å². The highest BCUT2D eigenvalue weighted by Crippen LogP contribution is 2.17. The van der Waals surface area contributed by atoms with E-state index in [1.54, 1.807) is 14.0 Å². The van der Waals surface area contributed by atoms with Crippen molar-refractivity contribution < 1.29 is 14.7 Å². The zero-order valence-electron chi connectivity index (χ0n) is 7.83. The first-order chi connectivity index (χ1) is 6.06. The molecule has 0 aromatic rings. The maximum absolute atomic E-state index is 11.3. The fourth-order valence-electron chi connectivity index (χ4n) is 1.26. The summed E-state index contributed by atoms with van der Waals surface area (Å²) in [5, 5.41) is 9.35. The SMILES string of the molecule is CC/C(O)=C1/CC(=O)N(C)CC1=O. The molecular weight excluding hydrogens is 170 g/mol. The molecule has 4 heteroatoms. The Morgan fingerprint density at radius 2 is 2.15 bits per heavy atom. The van der Waals surface area contributed by atoms with Crippen LogP contribution in [0, 0.1) is 0 Å². The number of Topliss-reactive ketones (excluding diaryl/α,β-unsaturated/α-hetero) is 1. The van der Waals surface area contributed by atoms with Crippen molar-refractivity contribution in [3.63, 3.8) is 0 Å². The van der Waals surface area contributed by atoms with E-state index in [1.807, 2.05) is 0 Å². The number of ketones is 1. The Morgan fingerprint density at radius 3 is 2.69 bits per heavy atom. The molecule has 1 rings (SSSR count). The quantitative estimate of drug-likeness (QED) is 0.479. The van der Waals surface area contributed by atoms with E-state index < -0.39 is 0 Å². The van der Waals surface area contributed by atoms with E-state index in [4.69, 9.17) is 0 Å². The van der Waals surface area contributed by atoms with Gasteiger partial charge in [-0.1, -0.05) is 6.92 Å². The van der Waals surface area contributed by atoms with Gasteiger partial charge < -0.3 is 10.0 Å². The second-order valence-electron chi connectivity index (χ2n) is 3.13. The average molecular weight is 183 g/mol. The molecule has 0 aromatic carbocycles. The zero-order chi connectivity index (χ0) is 10.0. The molecule has 0 aliphatic carbocycles. The van der Waals surface area contributed by atoms with Gasteiger partial charge in [0.2, 0.25) is 5.91 Å². The summed E-state index contributed by atoms with van der Waals surface area (Å²) in [5.74, 6) is -0.220. The number of amides is 1. The van der Waals surface area contributed by atoms with Gasteiger partial charge in [-0.3, -0.25) is 9.59 Å². The van der Waals surface area contributed by atoms with Crippen LogP contribution < -0.4 is 0 Å². The number of likely N-dealkylation sites (tertiary alicyclic amines) is 1. The average Bonchev–Trinajstić information content (AvgIpc) is 2.10. The molecular formula is C9H13NO3. The third-order valence-corrected chi connectivity index (χ3v) is 2.15. The molecule has 1 amide bonds.